The Morgan fingerprint density at radius 3 is 2.50 bits per heavy atom. The van der Waals surface area contributed by atoms with Gasteiger partial charge in [0.05, 0.1) is 11.9 Å². The lowest BCUT2D eigenvalue weighted by Crippen LogP contribution is -2.47. The van der Waals surface area contributed by atoms with E-state index >= 15 is 0 Å². The highest BCUT2D eigenvalue weighted by molar-refractivity contribution is 7.80. The molecule has 8 heteroatoms. The number of nitrogens with one attached hydrogen (secondary N) is 1. The maximum Gasteiger partial charge on any atom is 0.184 e. The van der Waals surface area contributed by atoms with Crippen molar-refractivity contribution in [1.82, 2.24) is 10.3 Å². The van der Waals surface area contributed by atoms with Crippen LogP contribution in [-0.4, -0.2) is 49.0 Å². The number of nitrogens with two attached hydrogens (primary N) is 1. The fourth-order valence-electron chi connectivity index (χ4n) is 3.20. The van der Waals surface area contributed by atoms with Crippen LogP contribution in [0.1, 0.15) is 11.1 Å². The molecule has 0 amide bonds. The molecule has 148 valence electrons. The van der Waals surface area contributed by atoms with Crippen LogP contribution in [0, 0.1) is 11.6 Å². The highest BCUT2D eigenvalue weighted by Crippen LogP contribution is 2.24. The van der Waals surface area contributed by atoms with E-state index in [9.17, 15) is 8.78 Å². The van der Waals surface area contributed by atoms with Crippen molar-refractivity contribution in [2.75, 3.05) is 37.6 Å². The van der Waals surface area contributed by atoms with Crippen molar-refractivity contribution in [3.63, 3.8) is 0 Å². The van der Waals surface area contributed by atoms with Crippen molar-refractivity contribution in [3.05, 3.63) is 65.2 Å². The maximum absolute atomic E-state index is 14.5. The summed E-state index contributed by atoms with van der Waals surface area (Å²) in [6.07, 6.45) is 2.14. The number of hydrazone groups is 1. The van der Waals surface area contributed by atoms with Crippen LogP contribution < -0.4 is 16.1 Å². The van der Waals surface area contributed by atoms with Gasteiger partial charge in [0.2, 0.25) is 0 Å². The molecule has 3 N–H and O–H groups in total. The fraction of sp³-hybridized carbons (Fsp3) is 0.300. The summed E-state index contributed by atoms with van der Waals surface area (Å²) in [5, 5.41) is 3.63. The highest BCUT2D eigenvalue weighted by atomic mass is 32.1. The zero-order valence-corrected chi connectivity index (χ0v) is 16.3. The molecular formula is C20H23F2N5S. The monoisotopic (exact) mass is 403 g/mol. The van der Waals surface area contributed by atoms with Crippen molar-refractivity contribution in [2.45, 2.75) is 6.42 Å². The zero-order valence-electron chi connectivity index (χ0n) is 15.4. The average molecular weight is 404 g/mol. The molecule has 1 aliphatic rings. The third-order valence-corrected chi connectivity index (χ3v) is 4.81. The number of hydrogen-bond acceptors (Lipinski definition) is 4. The molecule has 0 unspecified atom stereocenters. The minimum absolute atomic E-state index is 0.0338. The lowest BCUT2D eigenvalue weighted by atomic mass is 10.1. The Bertz CT molecular complexity index is 836. The number of thiocarbonyl (C=S) groups is 1. The van der Waals surface area contributed by atoms with Crippen LogP contribution in [0.4, 0.5) is 14.5 Å². The summed E-state index contributed by atoms with van der Waals surface area (Å²) >= 11 is 4.61. The maximum atomic E-state index is 14.5. The molecule has 2 aromatic rings. The van der Waals surface area contributed by atoms with Crippen LogP contribution in [0.25, 0.3) is 0 Å². The van der Waals surface area contributed by atoms with E-state index in [1.54, 1.807) is 0 Å². The van der Waals surface area contributed by atoms with E-state index in [0.29, 0.717) is 13.1 Å². The molecular weight excluding hydrogens is 380 g/mol. The lowest BCUT2D eigenvalue weighted by Gasteiger charge is -2.36. The lowest BCUT2D eigenvalue weighted by molar-refractivity contribution is 0.260. The Hall–Kier alpha value is -2.58. The van der Waals surface area contributed by atoms with Gasteiger partial charge in [-0.1, -0.05) is 30.3 Å². The van der Waals surface area contributed by atoms with Gasteiger partial charge >= 0.3 is 0 Å². The first-order valence-corrected chi connectivity index (χ1v) is 9.52. The van der Waals surface area contributed by atoms with Crippen LogP contribution in [-0.2, 0) is 6.42 Å². The predicted octanol–water partition coefficient (Wildman–Crippen LogP) is 2.50. The van der Waals surface area contributed by atoms with Crippen LogP contribution >= 0.6 is 12.2 Å². The first-order valence-electron chi connectivity index (χ1n) is 9.11. The fourth-order valence-corrected chi connectivity index (χ4v) is 3.26. The van der Waals surface area contributed by atoms with Gasteiger partial charge in [-0.3, -0.25) is 10.3 Å². The molecule has 2 aromatic carbocycles. The first kappa shape index (κ1) is 20.2. The van der Waals surface area contributed by atoms with Crippen molar-refractivity contribution >= 4 is 29.2 Å². The Morgan fingerprint density at radius 1 is 1.11 bits per heavy atom. The van der Waals surface area contributed by atoms with Gasteiger partial charge in [0, 0.05) is 44.4 Å². The van der Waals surface area contributed by atoms with E-state index in [4.69, 9.17) is 5.73 Å². The van der Waals surface area contributed by atoms with E-state index in [1.165, 1.54) is 11.6 Å². The van der Waals surface area contributed by atoms with Crippen molar-refractivity contribution in [2.24, 2.45) is 10.8 Å². The van der Waals surface area contributed by atoms with Gasteiger partial charge in [-0.05, 0) is 30.3 Å². The second-order valence-corrected chi connectivity index (χ2v) is 7.06. The van der Waals surface area contributed by atoms with Crippen molar-refractivity contribution < 1.29 is 8.78 Å². The summed E-state index contributed by atoms with van der Waals surface area (Å²) in [5.74, 6) is -1.02. The SMILES string of the molecule is NC(=S)N/N=C/c1cc(F)c(N2CCN(CCc3ccccc3)CC2)cc1F. The molecule has 1 fully saturated rings. The Kier molecular flexibility index (Phi) is 6.89. The molecule has 28 heavy (non-hydrogen) atoms. The van der Waals surface area contributed by atoms with Crippen LogP contribution in [0.15, 0.2) is 47.6 Å². The summed E-state index contributed by atoms with van der Waals surface area (Å²) in [4.78, 5) is 4.23. The van der Waals surface area contributed by atoms with E-state index < -0.39 is 11.6 Å². The molecule has 0 bridgehead atoms. The summed E-state index contributed by atoms with van der Waals surface area (Å²) in [7, 11) is 0. The number of rotatable bonds is 6. The molecule has 0 radical (unpaired) electrons. The molecule has 1 heterocycles. The Labute approximate surface area is 168 Å². The zero-order chi connectivity index (χ0) is 19.9. The Balaban J connectivity index is 1.57. The molecule has 1 aliphatic heterocycles. The number of nitrogens with zero attached hydrogens (tertiary/aromatic N) is 3. The summed E-state index contributed by atoms with van der Waals surface area (Å²) in [5.41, 5.74) is 9.18. The second-order valence-electron chi connectivity index (χ2n) is 6.62. The van der Waals surface area contributed by atoms with Gasteiger partial charge < -0.3 is 10.6 Å². The molecule has 3 rings (SSSR count). The molecule has 0 saturated carbocycles. The third-order valence-electron chi connectivity index (χ3n) is 4.72. The van der Waals surface area contributed by atoms with Crippen molar-refractivity contribution in [3.8, 4) is 0 Å². The highest BCUT2D eigenvalue weighted by Gasteiger charge is 2.21. The first-order chi connectivity index (χ1) is 13.5. The smallest absolute Gasteiger partial charge is 0.184 e. The van der Waals surface area contributed by atoms with Gasteiger partial charge in [-0.15, -0.1) is 0 Å². The van der Waals surface area contributed by atoms with Gasteiger partial charge in [0.25, 0.3) is 0 Å². The predicted molar refractivity (Wildman–Crippen MR) is 113 cm³/mol. The van der Waals surface area contributed by atoms with Crippen LogP contribution in [0.2, 0.25) is 0 Å². The second kappa shape index (κ2) is 9.57. The molecule has 0 spiro atoms. The minimum atomic E-state index is -0.545. The molecule has 5 nitrogen and oxygen atoms in total. The standard InChI is InChI=1S/C20H23F2N5S/c21-17-13-19(18(22)12-16(17)14-24-25-20(23)28)27-10-8-26(9-11-27)7-6-15-4-2-1-3-5-15/h1-5,12-14H,6-11H2,(H3,23,25,28)/b24-14+. The van der Waals surface area contributed by atoms with Gasteiger partial charge in [0.1, 0.15) is 11.6 Å². The van der Waals surface area contributed by atoms with Crippen LogP contribution in [0.5, 0.6) is 0 Å². The minimum Gasteiger partial charge on any atom is -0.375 e. The van der Waals surface area contributed by atoms with E-state index in [1.807, 2.05) is 23.1 Å². The molecule has 0 atom stereocenters. The normalized spacial score (nSPS) is 15.1. The third kappa shape index (κ3) is 5.46. The average Bonchev–Trinajstić information content (AvgIpc) is 2.70. The topological polar surface area (TPSA) is 56.9 Å². The largest absolute Gasteiger partial charge is 0.375 e. The van der Waals surface area contributed by atoms with Gasteiger partial charge in [0.15, 0.2) is 5.11 Å². The van der Waals surface area contributed by atoms with E-state index in [2.05, 4.69) is 39.8 Å². The van der Waals surface area contributed by atoms with Crippen molar-refractivity contribution in [1.29, 1.82) is 0 Å². The summed E-state index contributed by atoms with van der Waals surface area (Å²) < 4.78 is 28.8. The Morgan fingerprint density at radius 2 is 1.82 bits per heavy atom. The quantitative estimate of drug-likeness (QED) is 0.441. The van der Waals surface area contributed by atoms with Gasteiger partial charge in [-0.25, -0.2) is 8.78 Å². The number of hydrogen-bond donors (Lipinski definition) is 2. The van der Waals surface area contributed by atoms with E-state index in [0.717, 1.165) is 38.3 Å². The molecule has 0 aliphatic carbocycles. The summed E-state index contributed by atoms with van der Waals surface area (Å²) in [6.45, 7) is 3.90. The van der Waals surface area contributed by atoms with E-state index in [-0.39, 0.29) is 16.4 Å². The van der Waals surface area contributed by atoms with Crippen LogP contribution in [0.3, 0.4) is 0 Å². The van der Waals surface area contributed by atoms with Gasteiger partial charge in [-0.2, -0.15) is 5.10 Å². The number of benzene rings is 2. The number of anilines is 1. The molecule has 1 saturated heterocycles. The number of piperazine rings is 1. The summed E-state index contributed by atoms with van der Waals surface area (Å²) in [6, 6.07) is 12.7. The number of halogens is 2. The molecule has 0 aromatic heterocycles.